The highest BCUT2D eigenvalue weighted by molar-refractivity contribution is 6.34. The van der Waals surface area contributed by atoms with Crippen LogP contribution in [0.3, 0.4) is 0 Å². The Hall–Kier alpha value is -1.06. The Labute approximate surface area is 119 Å². The largest absolute Gasteiger partial charge is 0.377 e. The quantitative estimate of drug-likeness (QED) is 0.794. The SMILES string of the molecule is COC1(C)CCCN(c2ccc(C(C)=O)c(Cl)c2)C1. The zero-order valence-electron chi connectivity index (χ0n) is 11.7. The van der Waals surface area contributed by atoms with Gasteiger partial charge in [-0.15, -0.1) is 0 Å². The highest BCUT2D eigenvalue weighted by atomic mass is 35.5. The molecule has 19 heavy (non-hydrogen) atoms. The molecule has 1 saturated heterocycles. The average molecular weight is 282 g/mol. The molecule has 0 bridgehead atoms. The van der Waals surface area contributed by atoms with Crippen LogP contribution in [0.5, 0.6) is 0 Å². The van der Waals surface area contributed by atoms with Gasteiger partial charge in [-0.05, 0) is 44.9 Å². The monoisotopic (exact) mass is 281 g/mol. The summed E-state index contributed by atoms with van der Waals surface area (Å²) in [6.45, 7) is 5.50. The summed E-state index contributed by atoms with van der Waals surface area (Å²) < 4.78 is 5.59. The van der Waals surface area contributed by atoms with Crippen molar-refractivity contribution < 1.29 is 9.53 Å². The second-order valence-electron chi connectivity index (χ2n) is 5.40. The number of carbonyl (C=O) groups is 1. The first-order valence-electron chi connectivity index (χ1n) is 6.56. The van der Waals surface area contributed by atoms with Crippen LogP contribution in [0.2, 0.25) is 5.02 Å². The van der Waals surface area contributed by atoms with Gasteiger partial charge in [0.05, 0.1) is 10.6 Å². The third-order valence-corrected chi connectivity index (χ3v) is 4.16. The molecule has 3 nitrogen and oxygen atoms in total. The highest BCUT2D eigenvalue weighted by Crippen LogP contribution is 2.30. The first-order chi connectivity index (χ1) is 8.95. The molecule has 1 unspecified atom stereocenters. The number of hydrogen-bond donors (Lipinski definition) is 0. The molecule has 2 rings (SSSR count). The third kappa shape index (κ3) is 3.10. The average Bonchev–Trinajstić information content (AvgIpc) is 2.38. The Morgan fingerprint density at radius 3 is 2.79 bits per heavy atom. The van der Waals surface area contributed by atoms with Crippen molar-refractivity contribution in [1.82, 2.24) is 0 Å². The smallest absolute Gasteiger partial charge is 0.161 e. The van der Waals surface area contributed by atoms with Crippen LogP contribution in [0.4, 0.5) is 5.69 Å². The van der Waals surface area contributed by atoms with Crippen molar-refractivity contribution in [3.05, 3.63) is 28.8 Å². The Morgan fingerprint density at radius 1 is 1.47 bits per heavy atom. The molecule has 1 heterocycles. The predicted octanol–water partition coefficient (Wildman–Crippen LogP) is 3.55. The highest BCUT2D eigenvalue weighted by Gasteiger charge is 2.31. The normalized spacial score (nSPS) is 23.5. The van der Waals surface area contributed by atoms with E-state index in [1.807, 2.05) is 12.1 Å². The summed E-state index contributed by atoms with van der Waals surface area (Å²) in [7, 11) is 1.76. The first-order valence-corrected chi connectivity index (χ1v) is 6.93. The number of piperidine rings is 1. The third-order valence-electron chi connectivity index (χ3n) is 3.85. The van der Waals surface area contributed by atoms with E-state index in [0.717, 1.165) is 31.6 Å². The molecule has 1 aliphatic rings. The van der Waals surface area contributed by atoms with E-state index in [1.54, 1.807) is 13.2 Å². The van der Waals surface area contributed by atoms with Crippen LogP contribution < -0.4 is 4.90 Å². The van der Waals surface area contributed by atoms with Crippen LogP contribution in [-0.4, -0.2) is 31.6 Å². The molecule has 0 amide bonds. The molecule has 0 aliphatic carbocycles. The van der Waals surface area contributed by atoms with Crippen molar-refractivity contribution in [3.8, 4) is 0 Å². The zero-order chi connectivity index (χ0) is 14.0. The predicted molar refractivity (Wildman–Crippen MR) is 78.3 cm³/mol. The molecule has 4 heteroatoms. The van der Waals surface area contributed by atoms with E-state index in [1.165, 1.54) is 6.92 Å². The zero-order valence-corrected chi connectivity index (χ0v) is 12.5. The summed E-state index contributed by atoms with van der Waals surface area (Å²) in [5.74, 6) is -0.00285. The van der Waals surface area contributed by atoms with Crippen molar-refractivity contribution >= 4 is 23.1 Å². The molecular formula is C15H20ClNO2. The molecule has 0 aromatic heterocycles. The summed E-state index contributed by atoms with van der Waals surface area (Å²) in [6, 6.07) is 5.64. The number of carbonyl (C=O) groups excluding carboxylic acids is 1. The second-order valence-corrected chi connectivity index (χ2v) is 5.81. The van der Waals surface area contributed by atoms with Gasteiger partial charge in [0, 0.05) is 31.5 Å². The Morgan fingerprint density at radius 2 is 2.21 bits per heavy atom. The number of benzene rings is 1. The van der Waals surface area contributed by atoms with Crippen LogP contribution >= 0.6 is 11.6 Å². The number of anilines is 1. The van der Waals surface area contributed by atoms with Crippen LogP contribution in [0.25, 0.3) is 0 Å². The Balaban J connectivity index is 2.23. The van der Waals surface area contributed by atoms with Gasteiger partial charge in [-0.1, -0.05) is 11.6 Å². The maximum absolute atomic E-state index is 11.4. The molecule has 0 radical (unpaired) electrons. The van der Waals surface area contributed by atoms with E-state index in [9.17, 15) is 4.79 Å². The fraction of sp³-hybridized carbons (Fsp3) is 0.533. The minimum atomic E-state index is -0.107. The molecule has 0 N–H and O–H groups in total. The van der Waals surface area contributed by atoms with E-state index in [0.29, 0.717) is 10.6 Å². The molecule has 1 aromatic rings. The van der Waals surface area contributed by atoms with E-state index >= 15 is 0 Å². The lowest BCUT2D eigenvalue weighted by Gasteiger charge is -2.40. The number of ketones is 1. The van der Waals surface area contributed by atoms with Crippen LogP contribution in [-0.2, 0) is 4.74 Å². The molecule has 1 aliphatic heterocycles. The van der Waals surface area contributed by atoms with Crippen molar-refractivity contribution in [2.45, 2.75) is 32.3 Å². The summed E-state index contributed by atoms with van der Waals surface area (Å²) in [5.41, 5.74) is 1.53. The number of rotatable bonds is 3. The number of nitrogens with zero attached hydrogens (tertiary/aromatic N) is 1. The minimum absolute atomic E-state index is 0.00285. The fourth-order valence-corrected chi connectivity index (χ4v) is 2.89. The minimum Gasteiger partial charge on any atom is -0.377 e. The number of methoxy groups -OCH3 is 1. The lowest BCUT2D eigenvalue weighted by atomic mass is 9.94. The van der Waals surface area contributed by atoms with E-state index < -0.39 is 0 Å². The van der Waals surface area contributed by atoms with Crippen molar-refractivity contribution in [2.24, 2.45) is 0 Å². The van der Waals surface area contributed by atoms with Crippen LogP contribution in [0, 0.1) is 0 Å². The van der Waals surface area contributed by atoms with Gasteiger partial charge >= 0.3 is 0 Å². The first kappa shape index (κ1) is 14.4. The van der Waals surface area contributed by atoms with E-state index in [4.69, 9.17) is 16.3 Å². The topological polar surface area (TPSA) is 29.5 Å². The Bertz CT molecular complexity index is 489. The lowest BCUT2D eigenvalue weighted by molar-refractivity contribution is -0.00465. The van der Waals surface area contributed by atoms with Crippen molar-refractivity contribution in [3.63, 3.8) is 0 Å². The van der Waals surface area contributed by atoms with Crippen molar-refractivity contribution in [1.29, 1.82) is 0 Å². The number of halogens is 1. The second kappa shape index (κ2) is 5.51. The standard InChI is InChI=1S/C15H20ClNO2/c1-11(18)13-6-5-12(9-14(13)16)17-8-4-7-15(2,10-17)19-3/h5-6,9H,4,7-8,10H2,1-3H3. The summed E-state index contributed by atoms with van der Waals surface area (Å²) in [4.78, 5) is 13.7. The molecular weight excluding hydrogens is 262 g/mol. The van der Waals surface area contributed by atoms with Gasteiger partial charge in [-0.25, -0.2) is 0 Å². The summed E-state index contributed by atoms with van der Waals surface area (Å²) >= 11 is 6.17. The molecule has 0 saturated carbocycles. The van der Waals surface area contributed by atoms with Gasteiger partial charge in [-0.3, -0.25) is 4.79 Å². The molecule has 104 valence electrons. The fourth-order valence-electron chi connectivity index (χ4n) is 2.58. The van der Waals surface area contributed by atoms with Gasteiger partial charge in [0.15, 0.2) is 5.78 Å². The van der Waals surface area contributed by atoms with Crippen molar-refractivity contribution in [2.75, 3.05) is 25.1 Å². The molecule has 1 fully saturated rings. The summed E-state index contributed by atoms with van der Waals surface area (Å²) in [6.07, 6.45) is 2.16. The van der Waals surface area contributed by atoms with Gasteiger partial charge in [0.1, 0.15) is 0 Å². The Kier molecular flexibility index (Phi) is 4.16. The van der Waals surface area contributed by atoms with Gasteiger partial charge in [-0.2, -0.15) is 0 Å². The van der Waals surface area contributed by atoms with Gasteiger partial charge in [0.25, 0.3) is 0 Å². The number of Topliss-reactive ketones (excluding diaryl/α,β-unsaturated/α-hetero) is 1. The number of ether oxygens (including phenoxy) is 1. The van der Waals surface area contributed by atoms with Crippen LogP contribution in [0.1, 0.15) is 37.0 Å². The number of hydrogen-bond acceptors (Lipinski definition) is 3. The van der Waals surface area contributed by atoms with E-state index in [-0.39, 0.29) is 11.4 Å². The van der Waals surface area contributed by atoms with Gasteiger partial charge < -0.3 is 9.64 Å². The maximum atomic E-state index is 11.4. The molecule has 0 spiro atoms. The molecule has 1 aromatic carbocycles. The van der Waals surface area contributed by atoms with Gasteiger partial charge in [0.2, 0.25) is 0 Å². The molecule has 1 atom stereocenters. The lowest BCUT2D eigenvalue weighted by Crippen LogP contribution is -2.47. The maximum Gasteiger partial charge on any atom is 0.161 e. The summed E-state index contributed by atoms with van der Waals surface area (Å²) in [5, 5.41) is 0.523. The van der Waals surface area contributed by atoms with Crippen LogP contribution in [0.15, 0.2) is 18.2 Å². The van der Waals surface area contributed by atoms with E-state index in [2.05, 4.69) is 11.8 Å².